The number of hydrogen-bond donors (Lipinski definition) is 1. The molecule has 230 valence electrons. The molecule has 5 aromatic rings. The molecule has 1 aliphatic heterocycles. The van der Waals surface area contributed by atoms with Crippen LogP contribution in [0.5, 0.6) is 0 Å². The number of fused-ring (bicyclic) bond motifs is 4. The van der Waals surface area contributed by atoms with E-state index in [0.29, 0.717) is 46.9 Å². The standard InChI is InChI=1S/C32H27ClF3N7O2/c1-18-9-10-27(43-16-28(40-41-43)32(34,35)36)23(11-18)24-14-29(44)42(17-38-24)26-8-3-5-19(2)31(45)39-25-13-22(33)15-37-30(25)21-7-4-6-20(26)12-21/h4,6-7,9-17,19,26H,3,5,8H2,1-2H3,(H,39,45)/t19-,26+/m1/s1. The molecule has 45 heavy (non-hydrogen) atoms. The molecule has 0 saturated carbocycles. The maximum atomic E-state index is 13.8. The van der Waals surface area contributed by atoms with Gasteiger partial charge in [0.2, 0.25) is 5.91 Å². The molecular formula is C32H27ClF3N7O2. The van der Waals surface area contributed by atoms with E-state index in [9.17, 15) is 22.8 Å². The number of amides is 1. The Kier molecular flexibility index (Phi) is 8.00. The Morgan fingerprint density at radius 3 is 2.60 bits per heavy atom. The number of rotatable bonds is 3. The smallest absolute Gasteiger partial charge is 0.324 e. The molecule has 6 rings (SSSR count). The van der Waals surface area contributed by atoms with Crippen LogP contribution in [0.15, 0.2) is 78.1 Å². The number of hydrogen-bond acceptors (Lipinski definition) is 6. The Hall–Kier alpha value is -4.84. The van der Waals surface area contributed by atoms with Crippen LogP contribution in [0.25, 0.3) is 28.2 Å². The highest BCUT2D eigenvalue weighted by Gasteiger charge is 2.35. The summed E-state index contributed by atoms with van der Waals surface area (Å²) in [5, 5.41) is 10.3. The number of nitrogens with zero attached hydrogens (tertiary/aromatic N) is 6. The van der Waals surface area contributed by atoms with Crippen molar-refractivity contribution in [2.75, 3.05) is 5.32 Å². The quantitative estimate of drug-likeness (QED) is 0.232. The molecule has 0 spiro atoms. The number of aromatic nitrogens is 6. The summed E-state index contributed by atoms with van der Waals surface area (Å²) >= 11 is 6.21. The van der Waals surface area contributed by atoms with Crippen LogP contribution in [0.4, 0.5) is 18.9 Å². The Labute approximate surface area is 260 Å². The average molecular weight is 634 g/mol. The van der Waals surface area contributed by atoms with Gasteiger partial charge in [-0.05, 0) is 49.6 Å². The van der Waals surface area contributed by atoms with Crippen LogP contribution < -0.4 is 10.9 Å². The SMILES string of the molecule is Cc1ccc(-n2cc(C(F)(F)F)nn2)c(-c2cc(=O)n([C@H]3CCC[C@@H](C)C(=O)Nc4cc(Cl)cnc4-c4cccc3c4)cn2)c1. The molecule has 4 heterocycles. The summed E-state index contributed by atoms with van der Waals surface area (Å²) in [6.07, 6.45) is 0.899. The van der Waals surface area contributed by atoms with E-state index < -0.39 is 17.9 Å². The first-order valence-corrected chi connectivity index (χ1v) is 14.6. The van der Waals surface area contributed by atoms with Crippen molar-refractivity contribution in [1.29, 1.82) is 0 Å². The van der Waals surface area contributed by atoms with E-state index in [2.05, 4.69) is 25.6 Å². The van der Waals surface area contributed by atoms with Crippen molar-refractivity contribution in [2.24, 2.45) is 5.92 Å². The number of carbonyl (C=O) groups is 1. The Morgan fingerprint density at radius 2 is 1.84 bits per heavy atom. The molecule has 2 aromatic carbocycles. The molecule has 1 N–H and O–H groups in total. The highest BCUT2D eigenvalue weighted by Crippen LogP contribution is 2.34. The topological polar surface area (TPSA) is 108 Å². The Balaban J connectivity index is 1.42. The number of halogens is 4. The summed E-state index contributed by atoms with van der Waals surface area (Å²) in [7, 11) is 0. The van der Waals surface area contributed by atoms with Crippen molar-refractivity contribution >= 4 is 23.2 Å². The maximum Gasteiger partial charge on any atom is 0.436 e. The van der Waals surface area contributed by atoms with E-state index in [1.54, 1.807) is 28.8 Å². The first kappa shape index (κ1) is 30.2. The highest BCUT2D eigenvalue weighted by atomic mass is 35.5. The molecule has 0 radical (unpaired) electrons. The van der Waals surface area contributed by atoms with E-state index in [1.165, 1.54) is 18.6 Å². The van der Waals surface area contributed by atoms with Crippen LogP contribution in [0.3, 0.4) is 0 Å². The lowest BCUT2D eigenvalue weighted by Gasteiger charge is -2.23. The van der Waals surface area contributed by atoms with E-state index in [4.69, 9.17) is 11.6 Å². The van der Waals surface area contributed by atoms with Crippen molar-refractivity contribution in [2.45, 2.75) is 45.3 Å². The van der Waals surface area contributed by atoms with Gasteiger partial charge in [-0.3, -0.25) is 19.1 Å². The normalized spacial score (nSPS) is 17.2. The Morgan fingerprint density at radius 1 is 1.02 bits per heavy atom. The summed E-state index contributed by atoms with van der Waals surface area (Å²) in [6.45, 7) is 3.68. The number of alkyl halides is 3. The molecule has 1 amide bonds. The second-order valence-corrected chi connectivity index (χ2v) is 11.5. The van der Waals surface area contributed by atoms with E-state index in [-0.39, 0.29) is 23.1 Å². The van der Waals surface area contributed by atoms with Gasteiger partial charge in [0.25, 0.3) is 5.56 Å². The van der Waals surface area contributed by atoms with Crippen molar-refractivity contribution in [3.8, 4) is 28.2 Å². The predicted octanol–water partition coefficient (Wildman–Crippen LogP) is 6.88. The number of pyridine rings is 1. The van der Waals surface area contributed by atoms with Gasteiger partial charge < -0.3 is 5.32 Å². The molecule has 0 fully saturated rings. The first-order valence-electron chi connectivity index (χ1n) is 14.2. The zero-order valence-corrected chi connectivity index (χ0v) is 25.0. The van der Waals surface area contributed by atoms with Gasteiger partial charge in [-0.15, -0.1) is 5.10 Å². The third-order valence-corrected chi connectivity index (χ3v) is 8.06. The van der Waals surface area contributed by atoms with Gasteiger partial charge in [0, 0.05) is 29.3 Å². The number of carbonyl (C=O) groups excluding carboxylic acids is 1. The summed E-state index contributed by atoms with van der Waals surface area (Å²) < 4.78 is 42.3. The molecule has 0 saturated heterocycles. The molecular weight excluding hydrogens is 607 g/mol. The lowest BCUT2D eigenvalue weighted by Crippen LogP contribution is -2.26. The number of nitrogens with one attached hydrogen (secondary N) is 1. The molecule has 0 aliphatic carbocycles. The third-order valence-electron chi connectivity index (χ3n) is 7.85. The molecule has 3 aromatic heterocycles. The van der Waals surface area contributed by atoms with Gasteiger partial charge in [-0.1, -0.05) is 60.0 Å². The highest BCUT2D eigenvalue weighted by molar-refractivity contribution is 6.31. The van der Waals surface area contributed by atoms with Crippen molar-refractivity contribution < 1.29 is 18.0 Å². The van der Waals surface area contributed by atoms with Gasteiger partial charge in [0.15, 0.2) is 5.69 Å². The summed E-state index contributed by atoms with van der Waals surface area (Å²) in [6, 6.07) is 15.3. The van der Waals surface area contributed by atoms with Gasteiger partial charge in [0.05, 0.1) is 46.4 Å². The number of benzene rings is 2. The largest absolute Gasteiger partial charge is 0.436 e. The lowest BCUT2D eigenvalue weighted by atomic mass is 9.94. The second kappa shape index (κ2) is 11.9. The minimum Gasteiger partial charge on any atom is -0.324 e. The first-order chi connectivity index (χ1) is 21.5. The second-order valence-electron chi connectivity index (χ2n) is 11.1. The summed E-state index contributed by atoms with van der Waals surface area (Å²) in [5.74, 6) is -0.456. The van der Waals surface area contributed by atoms with E-state index in [0.717, 1.165) is 27.6 Å². The van der Waals surface area contributed by atoms with Crippen LogP contribution in [-0.4, -0.2) is 35.4 Å². The average Bonchev–Trinajstić information content (AvgIpc) is 3.50. The van der Waals surface area contributed by atoms with Gasteiger partial charge in [0.1, 0.15) is 0 Å². The van der Waals surface area contributed by atoms with E-state index in [1.807, 2.05) is 38.1 Å². The van der Waals surface area contributed by atoms with E-state index >= 15 is 0 Å². The zero-order chi connectivity index (χ0) is 31.9. The summed E-state index contributed by atoms with van der Waals surface area (Å²) in [4.78, 5) is 35.8. The maximum absolute atomic E-state index is 13.8. The molecule has 1 aliphatic rings. The van der Waals surface area contributed by atoms with Crippen LogP contribution in [0, 0.1) is 12.8 Å². The summed E-state index contributed by atoms with van der Waals surface area (Å²) in [5.41, 5.74) is 2.99. The van der Waals surface area contributed by atoms with Gasteiger partial charge in [-0.2, -0.15) is 13.2 Å². The minimum atomic E-state index is -4.65. The Bertz CT molecular complexity index is 1970. The minimum absolute atomic E-state index is 0.152. The van der Waals surface area contributed by atoms with Crippen molar-refractivity contribution in [3.63, 3.8) is 0 Å². The lowest BCUT2D eigenvalue weighted by molar-refractivity contribution is -0.141. The van der Waals surface area contributed by atoms with Crippen LogP contribution >= 0.6 is 11.6 Å². The van der Waals surface area contributed by atoms with Crippen molar-refractivity contribution in [1.82, 2.24) is 29.5 Å². The monoisotopic (exact) mass is 633 g/mol. The fourth-order valence-corrected chi connectivity index (χ4v) is 5.64. The van der Waals surface area contributed by atoms with Crippen LogP contribution in [-0.2, 0) is 11.0 Å². The predicted molar refractivity (Wildman–Crippen MR) is 163 cm³/mol. The van der Waals surface area contributed by atoms with Gasteiger partial charge >= 0.3 is 6.18 Å². The molecule has 9 nitrogen and oxygen atoms in total. The van der Waals surface area contributed by atoms with Gasteiger partial charge in [-0.25, -0.2) is 9.67 Å². The molecule has 2 bridgehead atoms. The third kappa shape index (κ3) is 6.23. The molecule has 13 heteroatoms. The molecule has 0 unspecified atom stereocenters. The fourth-order valence-electron chi connectivity index (χ4n) is 5.49. The fraction of sp³-hybridized carbons (Fsp3) is 0.250. The van der Waals surface area contributed by atoms with Crippen LogP contribution in [0.1, 0.15) is 49.0 Å². The van der Waals surface area contributed by atoms with Crippen molar-refractivity contribution in [3.05, 3.63) is 106 Å². The molecule has 2 atom stereocenters. The van der Waals surface area contributed by atoms with Crippen LogP contribution in [0.2, 0.25) is 5.02 Å². The zero-order valence-electron chi connectivity index (χ0n) is 24.2. The number of aryl methyl sites for hydroxylation is 1. The number of anilines is 1.